The van der Waals surface area contributed by atoms with Gasteiger partial charge in [-0.1, -0.05) is 26.0 Å². The highest BCUT2D eigenvalue weighted by atomic mass is 16.5. The van der Waals surface area contributed by atoms with Gasteiger partial charge in [-0.15, -0.1) is 0 Å². The van der Waals surface area contributed by atoms with Crippen molar-refractivity contribution in [1.29, 1.82) is 0 Å². The van der Waals surface area contributed by atoms with Gasteiger partial charge in [0.2, 0.25) is 5.91 Å². The molecule has 0 atom stereocenters. The number of benzene rings is 1. The predicted molar refractivity (Wildman–Crippen MR) is 81.2 cm³/mol. The molecule has 0 bridgehead atoms. The van der Waals surface area contributed by atoms with Gasteiger partial charge in [0.25, 0.3) is 0 Å². The Balaban J connectivity index is 2.13. The standard InChI is InChI=1S/C17H25NO2/c1-13(2)14-7-8-16(20-3)15(11-14)12-17(19)18-9-5-4-6-10-18/h7-8,11,13H,4-6,9-10,12H2,1-3H3. The molecule has 110 valence electrons. The second kappa shape index (κ2) is 6.78. The Labute approximate surface area is 121 Å². The quantitative estimate of drug-likeness (QED) is 0.843. The summed E-state index contributed by atoms with van der Waals surface area (Å²) in [5.41, 5.74) is 2.27. The van der Waals surface area contributed by atoms with Crippen molar-refractivity contribution >= 4 is 5.91 Å². The topological polar surface area (TPSA) is 29.5 Å². The number of amides is 1. The van der Waals surface area contributed by atoms with Crippen molar-refractivity contribution in [2.75, 3.05) is 20.2 Å². The number of carbonyl (C=O) groups excluding carboxylic acids is 1. The molecule has 1 aromatic rings. The van der Waals surface area contributed by atoms with E-state index in [4.69, 9.17) is 4.74 Å². The van der Waals surface area contributed by atoms with Crippen molar-refractivity contribution in [3.63, 3.8) is 0 Å². The van der Waals surface area contributed by atoms with E-state index in [1.807, 2.05) is 11.0 Å². The Morgan fingerprint density at radius 2 is 1.95 bits per heavy atom. The molecule has 1 amide bonds. The van der Waals surface area contributed by atoms with E-state index in [1.165, 1.54) is 12.0 Å². The van der Waals surface area contributed by atoms with Crippen LogP contribution in [0.1, 0.15) is 50.2 Å². The van der Waals surface area contributed by atoms with Crippen LogP contribution in [0.2, 0.25) is 0 Å². The SMILES string of the molecule is COc1ccc(C(C)C)cc1CC(=O)N1CCCCC1. The zero-order valence-electron chi connectivity index (χ0n) is 12.8. The smallest absolute Gasteiger partial charge is 0.227 e. The lowest BCUT2D eigenvalue weighted by Crippen LogP contribution is -2.36. The molecule has 1 fully saturated rings. The maximum Gasteiger partial charge on any atom is 0.227 e. The van der Waals surface area contributed by atoms with Gasteiger partial charge in [0.1, 0.15) is 5.75 Å². The highest BCUT2D eigenvalue weighted by Crippen LogP contribution is 2.25. The second-order valence-corrected chi connectivity index (χ2v) is 5.84. The highest BCUT2D eigenvalue weighted by Gasteiger charge is 2.18. The third-order valence-electron chi connectivity index (χ3n) is 4.02. The van der Waals surface area contributed by atoms with Gasteiger partial charge in [0, 0.05) is 18.7 Å². The molecular weight excluding hydrogens is 250 g/mol. The minimum absolute atomic E-state index is 0.226. The first-order chi connectivity index (χ1) is 9.61. The van der Waals surface area contributed by atoms with Crippen LogP contribution in [-0.2, 0) is 11.2 Å². The zero-order chi connectivity index (χ0) is 14.5. The molecule has 0 aromatic heterocycles. The van der Waals surface area contributed by atoms with E-state index >= 15 is 0 Å². The molecule has 20 heavy (non-hydrogen) atoms. The molecule has 2 rings (SSSR count). The molecular formula is C17H25NO2. The Morgan fingerprint density at radius 1 is 1.25 bits per heavy atom. The number of rotatable bonds is 4. The van der Waals surface area contributed by atoms with Crippen LogP contribution in [0.25, 0.3) is 0 Å². The molecule has 0 saturated carbocycles. The molecule has 0 spiro atoms. The fraction of sp³-hybridized carbons (Fsp3) is 0.588. The summed E-state index contributed by atoms with van der Waals surface area (Å²) in [5.74, 6) is 1.51. The average molecular weight is 275 g/mol. The molecule has 0 radical (unpaired) electrons. The lowest BCUT2D eigenvalue weighted by Gasteiger charge is -2.27. The van der Waals surface area contributed by atoms with E-state index in [2.05, 4.69) is 26.0 Å². The van der Waals surface area contributed by atoms with E-state index < -0.39 is 0 Å². The number of ether oxygens (including phenoxy) is 1. The van der Waals surface area contributed by atoms with E-state index in [9.17, 15) is 4.79 Å². The summed E-state index contributed by atoms with van der Waals surface area (Å²) in [4.78, 5) is 14.4. The summed E-state index contributed by atoms with van der Waals surface area (Å²) < 4.78 is 5.40. The third-order valence-corrected chi connectivity index (χ3v) is 4.02. The number of nitrogens with zero attached hydrogens (tertiary/aromatic N) is 1. The van der Waals surface area contributed by atoms with E-state index in [0.717, 1.165) is 37.2 Å². The zero-order valence-corrected chi connectivity index (χ0v) is 12.8. The number of piperidine rings is 1. The van der Waals surface area contributed by atoms with Crippen molar-refractivity contribution in [2.45, 2.75) is 45.4 Å². The summed E-state index contributed by atoms with van der Waals surface area (Å²) in [6.07, 6.45) is 3.96. The van der Waals surface area contributed by atoms with Crippen molar-refractivity contribution < 1.29 is 9.53 Å². The maximum absolute atomic E-state index is 12.4. The van der Waals surface area contributed by atoms with E-state index in [0.29, 0.717) is 12.3 Å². The first-order valence-corrected chi connectivity index (χ1v) is 7.56. The fourth-order valence-corrected chi connectivity index (χ4v) is 2.71. The summed E-state index contributed by atoms with van der Waals surface area (Å²) >= 11 is 0. The lowest BCUT2D eigenvalue weighted by atomic mass is 9.98. The van der Waals surface area contributed by atoms with Gasteiger partial charge in [0.15, 0.2) is 0 Å². The number of hydrogen-bond acceptors (Lipinski definition) is 2. The largest absolute Gasteiger partial charge is 0.496 e. The fourth-order valence-electron chi connectivity index (χ4n) is 2.71. The monoisotopic (exact) mass is 275 g/mol. The molecule has 0 aliphatic carbocycles. The van der Waals surface area contributed by atoms with Crippen LogP contribution in [0.3, 0.4) is 0 Å². The van der Waals surface area contributed by atoms with Crippen molar-refractivity contribution in [3.05, 3.63) is 29.3 Å². The van der Waals surface area contributed by atoms with Gasteiger partial charge in [-0.2, -0.15) is 0 Å². The molecule has 3 nitrogen and oxygen atoms in total. The Bertz CT molecular complexity index is 462. The van der Waals surface area contributed by atoms with Gasteiger partial charge in [-0.25, -0.2) is 0 Å². The molecule has 1 aliphatic heterocycles. The third kappa shape index (κ3) is 3.53. The average Bonchev–Trinajstić information content (AvgIpc) is 2.48. The van der Waals surface area contributed by atoms with Crippen LogP contribution in [0.5, 0.6) is 5.75 Å². The highest BCUT2D eigenvalue weighted by molar-refractivity contribution is 5.79. The number of hydrogen-bond donors (Lipinski definition) is 0. The number of likely N-dealkylation sites (tertiary alicyclic amines) is 1. The molecule has 3 heteroatoms. The van der Waals surface area contributed by atoms with Crippen LogP contribution >= 0.6 is 0 Å². The van der Waals surface area contributed by atoms with E-state index in [-0.39, 0.29) is 5.91 Å². The van der Waals surface area contributed by atoms with Gasteiger partial charge >= 0.3 is 0 Å². The van der Waals surface area contributed by atoms with Crippen LogP contribution in [-0.4, -0.2) is 31.0 Å². The molecule has 1 aliphatic rings. The lowest BCUT2D eigenvalue weighted by molar-refractivity contribution is -0.131. The maximum atomic E-state index is 12.4. The summed E-state index contributed by atoms with van der Waals surface area (Å²) in [7, 11) is 1.67. The molecule has 0 unspecified atom stereocenters. The minimum atomic E-state index is 0.226. The van der Waals surface area contributed by atoms with Crippen LogP contribution in [0.4, 0.5) is 0 Å². The first-order valence-electron chi connectivity index (χ1n) is 7.56. The van der Waals surface area contributed by atoms with Crippen molar-refractivity contribution in [1.82, 2.24) is 4.90 Å². The van der Waals surface area contributed by atoms with Crippen molar-refractivity contribution in [2.24, 2.45) is 0 Å². The number of methoxy groups -OCH3 is 1. The summed E-state index contributed by atoms with van der Waals surface area (Å²) in [6, 6.07) is 6.18. The Hall–Kier alpha value is -1.51. The summed E-state index contributed by atoms with van der Waals surface area (Å²) in [5, 5.41) is 0. The van der Waals surface area contributed by atoms with Gasteiger partial charge < -0.3 is 9.64 Å². The number of carbonyl (C=O) groups is 1. The van der Waals surface area contributed by atoms with Gasteiger partial charge in [0.05, 0.1) is 13.5 Å². The first kappa shape index (κ1) is 14.9. The summed E-state index contributed by atoms with van der Waals surface area (Å²) in [6.45, 7) is 6.14. The molecule has 1 saturated heterocycles. The minimum Gasteiger partial charge on any atom is -0.496 e. The van der Waals surface area contributed by atoms with E-state index in [1.54, 1.807) is 7.11 Å². The normalized spacial score (nSPS) is 15.5. The van der Waals surface area contributed by atoms with Crippen LogP contribution in [0, 0.1) is 0 Å². The Kier molecular flexibility index (Phi) is 5.05. The second-order valence-electron chi connectivity index (χ2n) is 5.84. The molecule has 1 aromatic carbocycles. The Morgan fingerprint density at radius 3 is 2.55 bits per heavy atom. The molecule has 1 heterocycles. The molecule has 0 N–H and O–H groups in total. The predicted octanol–water partition coefficient (Wildman–Crippen LogP) is 3.37. The van der Waals surface area contributed by atoms with Crippen LogP contribution < -0.4 is 4.74 Å². The van der Waals surface area contributed by atoms with Crippen LogP contribution in [0.15, 0.2) is 18.2 Å². The van der Waals surface area contributed by atoms with Crippen molar-refractivity contribution in [3.8, 4) is 5.75 Å². The van der Waals surface area contributed by atoms with Gasteiger partial charge in [-0.3, -0.25) is 4.79 Å². The van der Waals surface area contributed by atoms with Gasteiger partial charge in [-0.05, 0) is 36.8 Å².